The molecule has 2 unspecified atom stereocenters. The summed E-state index contributed by atoms with van der Waals surface area (Å²) in [5.41, 5.74) is 6.67. The molecule has 0 fully saturated rings. The molecular weight excluding hydrogens is 244 g/mol. The summed E-state index contributed by atoms with van der Waals surface area (Å²) in [5.74, 6) is -0.410. The van der Waals surface area contributed by atoms with Crippen molar-refractivity contribution < 1.29 is 15.0 Å². The highest BCUT2D eigenvalue weighted by Gasteiger charge is 2.15. The van der Waals surface area contributed by atoms with Crippen LogP contribution in [-0.4, -0.2) is 34.6 Å². The van der Waals surface area contributed by atoms with Crippen molar-refractivity contribution in [3.63, 3.8) is 0 Å². The molecular formula is C11H15ClN2O3. The number of aliphatic hydroxyl groups is 2. The molecule has 94 valence electrons. The monoisotopic (exact) mass is 258 g/mol. The molecule has 0 bridgehead atoms. The lowest BCUT2D eigenvalue weighted by molar-refractivity contribution is -0.113. The van der Waals surface area contributed by atoms with Crippen molar-refractivity contribution in [1.29, 1.82) is 0 Å². The molecule has 0 aliphatic carbocycles. The Morgan fingerprint density at radius 2 is 2.00 bits per heavy atom. The molecule has 2 atom stereocenters. The minimum Gasteiger partial charge on any atom is -0.395 e. The zero-order chi connectivity index (χ0) is 12.8. The van der Waals surface area contributed by atoms with Crippen LogP contribution < -0.4 is 11.1 Å². The van der Waals surface area contributed by atoms with E-state index in [4.69, 9.17) is 22.4 Å². The summed E-state index contributed by atoms with van der Waals surface area (Å²) in [6, 6.07) is 5.80. The van der Waals surface area contributed by atoms with Gasteiger partial charge in [0.15, 0.2) is 0 Å². The molecule has 17 heavy (non-hydrogen) atoms. The quantitative estimate of drug-likeness (QED) is 0.568. The van der Waals surface area contributed by atoms with Gasteiger partial charge in [-0.1, -0.05) is 12.1 Å². The van der Waals surface area contributed by atoms with Crippen LogP contribution in [0, 0.1) is 0 Å². The van der Waals surface area contributed by atoms with Crippen molar-refractivity contribution >= 4 is 23.2 Å². The molecule has 5 nitrogen and oxygen atoms in total. The van der Waals surface area contributed by atoms with Crippen LogP contribution in [0.25, 0.3) is 0 Å². The average molecular weight is 259 g/mol. The van der Waals surface area contributed by atoms with Crippen molar-refractivity contribution in [2.24, 2.45) is 5.73 Å². The second-order valence-electron chi connectivity index (χ2n) is 3.60. The van der Waals surface area contributed by atoms with Gasteiger partial charge in [-0.25, -0.2) is 0 Å². The van der Waals surface area contributed by atoms with E-state index in [1.165, 1.54) is 0 Å². The van der Waals surface area contributed by atoms with Crippen LogP contribution in [-0.2, 0) is 4.79 Å². The van der Waals surface area contributed by atoms with Crippen molar-refractivity contribution in [3.05, 3.63) is 29.8 Å². The van der Waals surface area contributed by atoms with E-state index in [1.807, 2.05) is 0 Å². The van der Waals surface area contributed by atoms with E-state index in [0.29, 0.717) is 11.3 Å². The van der Waals surface area contributed by atoms with E-state index in [1.54, 1.807) is 24.3 Å². The Kier molecular flexibility index (Phi) is 5.37. The highest BCUT2D eigenvalue weighted by molar-refractivity contribution is 6.29. The van der Waals surface area contributed by atoms with Gasteiger partial charge < -0.3 is 21.3 Å². The second-order valence-corrected chi connectivity index (χ2v) is 3.86. The van der Waals surface area contributed by atoms with Crippen LogP contribution in [0.5, 0.6) is 0 Å². The molecule has 0 aromatic heterocycles. The van der Waals surface area contributed by atoms with Gasteiger partial charge in [-0.05, 0) is 17.7 Å². The Bertz CT molecular complexity index is 369. The number of benzene rings is 1. The molecule has 1 rings (SSSR count). The van der Waals surface area contributed by atoms with Gasteiger partial charge in [0.25, 0.3) is 0 Å². The first-order chi connectivity index (χ1) is 8.08. The Balaban J connectivity index is 2.70. The third-order valence-corrected chi connectivity index (χ3v) is 2.52. The SMILES string of the molecule is NC(CO)C(O)c1ccc(NC(=O)CCl)cc1. The second kappa shape index (κ2) is 6.56. The molecule has 5 N–H and O–H groups in total. The number of rotatable bonds is 5. The Morgan fingerprint density at radius 3 is 2.47 bits per heavy atom. The Labute approximate surface area is 104 Å². The van der Waals surface area contributed by atoms with Gasteiger partial charge in [-0.3, -0.25) is 4.79 Å². The number of amides is 1. The summed E-state index contributed by atoms with van der Waals surface area (Å²) in [7, 11) is 0. The van der Waals surface area contributed by atoms with Crippen LogP contribution in [0.15, 0.2) is 24.3 Å². The van der Waals surface area contributed by atoms with Crippen molar-refractivity contribution in [3.8, 4) is 0 Å². The van der Waals surface area contributed by atoms with E-state index in [-0.39, 0.29) is 18.4 Å². The predicted octanol–water partition coefficient (Wildman–Crippen LogP) is 0.217. The first-order valence-electron chi connectivity index (χ1n) is 5.08. The fourth-order valence-electron chi connectivity index (χ4n) is 1.31. The van der Waals surface area contributed by atoms with E-state index in [0.717, 1.165) is 0 Å². The summed E-state index contributed by atoms with van der Waals surface area (Å²) in [6.45, 7) is -0.300. The fraction of sp³-hybridized carbons (Fsp3) is 0.364. The number of nitrogens with two attached hydrogens (primary N) is 1. The van der Waals surface area contributed by atoms with Gasteiger partial charge in [0, 0.05) is 5.69 Å². The van der Waals surface area contributed by atoms with Gasteiger partial charge in [0.1, 0.15) is 5.88 Å². The highest BCUT2D eigenvalue weighted by Crippen LogP contribution is 2.18. The standard InChI is InChI=1S/C11H15ClN2O3/c12-5-10(16)14-8-3-1-7(2-4-8)11(17)9(13)6-15/h1-4,9,11,15,17H,5-6,13H2,(H,14,16). The van der Waals surface area contributed by atoms with E-state index < -0.39 is 12.1 Å². The zero-order valence-electron chi connectivity index (χ0n) is 9.14. The number of hydrogen-bond acceptors (Lipinski definition) is 4. The molecule has 0 spiro atoms. The molecule has 0 heterocycles. The molecule has 0 saturated carbocycles. The molecule has 1 aromatic rings. The zero-order valence-corrected chi connectivity index (χ0v) is 9.89. The molecule has 1 amide bonds. The largest absolute Gasteiger partial charge is 0.395 e. The van der Waals surface area contributed by atoms with Crippen molar-refractivity contribution in [1.82, 2.24) is 0 Å². The lowest BCUT2D eigenvalue weighted by atomic mass is 10.0. The summed E-state index contributed by atoms with van der Waals surface area (Å²) >= 11 is 5.35. The van der Waals surface area contributed by atoms with Crippen LogP contribution in [0.1, 0.15) is 11.7 Å². The fourth-order valence-corrected chi connectivity index (χ4v) is 1.37. The first kappa shape index (κ1) is 13.9. The molecule has 0 saturated heterocycles. The maximum Gasteiger partial charge on any atom is 0.239 e. The van der Waals surface area contributed by atoms with Gasteiger partial charge in [0.2, 0.25) is 5.91 Å². The smallest absolute Gasteiger partial charge is 0.239 e. The maximum atomic E-state index is 11.0. The summed E-state index contributed by atoms with van der Waals surface area (Å²) in [5, 5.41) is 21.1. The summed E-state index contributed by atoms with van der Waals surface area (Å²) in [6.07, 6.45) is -0.933. The van der Waals surface area contributed by atoms with Crippen molar-refractivity contribution in [2.75, 3.05) is 17.8 Å². The van der Waals surface area contributed by atoms with E-state index >= 15 is 0 Å². The maximum absolute atomic E-state index is 11.0. The highest BCUT2D eigenvalue weighted by atomic mass is 35.5. The number of hydrogen-bond donors (Lipinski definition) is 4. The molecule has 0 aliphatic rings. The lowest BCUT2D eigenvalue weighted by Crippen LogP contribution is -2.31. The van der Waals surface area contributed by atoms with Crippen LogP contribution in [0.2, 0.25) is 0 Å². The topological polar surface area (TPSA) is 95.6 Å². The molecule has 0 aliphatic heterocycles. The van der Waals surface area contributed by atoms with Crippen LogP contribution in [0.4, 0.5) is 5.69 Å². The van der Waals surface area contributed by atoms with Crippen molar-refractivity contribution in [2.45, 2.75) is 12.1 Å². The number of alkyl halides is 1. The summed E-state index contributed by atoms with van der Waals surface area (Å²) in [4.78, 5) is 11.0. The van der Waals surface area contributed by atoms with Gasteiger partial charge >= 0.3 is 0 Å². The number of halogens is 1. The van der Waals surface area contributed by atoms with E-state index in [9.17, 15) is 9.90 Å². The van der Waals surface area contributed by atoms with Crippen LogP contribution >= 0.6 is 11.6 Å². The van der Waals surface area contributed by atoms with Gasteiger partial charge in [-0.15, -0.1) is 11.6 Å². The summed E-state index contributed by atoms with van der Waals surface area (Å²) < 4.78 is 0. The lowest BCUT2D eigenvalue weighted by Gasteiger charge is -2.17. The first-order valence-corrected chi connectivity index (χ1v) is 5.62. The van der Waals surface area contributed by atoms with Gasteiger partial charge in [-0.2, -0.15) is 0 Å². The van der Waals surface area contributed by atoms with E-state index in [2.05, 4.69) is 5.32 Å². The number of carbonyl (C=O) groups is 1. The number of nitrogens with one attached hydrogen (secondary N) is 1. The third kappa shape index (κ3) is 3.98. The predicted molar refractivity (Wildman–Crippen MR) is 65.8 cm³/mol. The Morgan fingerprint density at radius 1 is 1.41 bits per heavy atom. The third-order valence-electron chi connectivity index (χ3n) is 2.27. The van der Waals surface area contributed by atoms with Crippen LogP contribution in [0.3, 0.4) is 0 Å². The minimum atomic E-state index is -0.933. The number of carbonyl (C=O) groups excluding carboxylic acids is 1. The normalized spacial score (nSPS) is 14.1. The number of aliphatic hydroxyl groups excluding tert-OH is 2. The molecule has 6 heteroatoms. The number of anilines is 1. The average Bonchev–Trinajstić information content (AvgIpc) is 2.37. The minimum absolute atomic E-state index is 0.111. The molecule has 0 radical (unpaired) electrons. The molecule has 1 aromatic carbocycles. The van der Waals surface area contributed by atoms with Gasteiger partial charge in [0.05, 0.1) is 18.8 Å². The Hall–Kier alpha value is -1.14.